The number of nitrogens with zero attached hydrogens (tertiary/aromatic N) is 3. The molecule has 1 aliphatic carbocycles. The van der Waals surface area contributed by atoms with E-state index in [2.05, 4.69) is 9.97 Å². The maximum absolute atomic E-state index is 10.3. The molecule has 3 aromatic rings. The normalized spacial score (nSPS) is 27.0. The topological polar surface area (TPSA) is 71.2 Å². The highest BCUT2D eigenvalue weighted by molar-refractivity contribution is 7.99. The quantitative estimate of drug-likeness (QED) is 0.717. The number of hydrogen-bond acceptors (Lipinski definition) is 5. The lowest BCUT2D eigenvalue weighted by molar-refractivity contribution is 0.00971. The second kappa shape index (κ2) is 6.20. The van der Waals surface area contributed by atoms with Gasteiger partial charge in [-0.05, 0) is 30.5 Å². The molecule has 0 unspecified atom stereocenters. The molecule has 5 nitrogen and oxygen atoms in total. The monoisotopic (exact) mass is 341 g/mol. The maximum atomic E-state index is 10.3. The summed E-state index contributed by atoms with van der Waals surface area (Å²) in [6, 6.07) is 11.9. The van der Waals surface area contributed by atoms with Crippen molar-refractivity contribution < 1.29 is 10.2 Å². The predicted molar refractivity (Wildman–Crippen MR) is 92.9 cm³/mol. The minimum Gasteiger partial charge on any atom is -0.390 e. The average Bonchev–Trinajstić information content (AvgIpc) is 3.13. The van der Waals surface area contributed by atoms with Gasteiger partial charge in [0.25, 0.3) is 0 Å². The number of aliphatic hydroxyl groups is 2. The zero-order valence-corrected chi connectivity index (χ0v) is 14.1. The summed E-state index contributed by atoms with van der Waals surface area (Å²) in [5.41, 5.74) is 0.800. The summed E-state index contributed by atoms with van der Waals surface area (Å²) in [7, 11) is 0. The SMILES string of the molecule is C[C@H]1C[C@@H](n2ccc3c(Sc4ccccc4)ncnc32)[C@H](O)[C@@H]1O. The van der Waals surface area contributed by atoms with E-state index in [9.17, 15) is 10.2 Å². The Kier molecular flexibility index (Phi) is 4.04. The highest BCUT2D eigenvalue weighted by Crippen LogP contribution is 2.38. The van der Waals surface area contributed by atoms with Gasteiger partial charge in [0.2, 0.25) is 0 Å². The molecule has 0 radical (unpaired) electrons. The van der Waals surface area contributed by atoms with Crippen LogP contribution in [0.25, 0.3) is 11.0 Å². The molecule has 4 atom stereocenters. The Morgan fingerprint density at radius 1 is 1.08 bits per heavy atom. The number of fused-ring (bicyclic) bond motifs is 1. The first-order valence-corrected chi connectivity index (χ1v) is 8.87. The van der Waals surface area contributed by atoms with Gasteiger partial charge in [0.15, 0.2) is 0 Å². The largest absolute Gasteiger partial charge is 0.390 e. The van der Waals surface area contributed by atoms with Gasteiger partial charge in [0, 0.05) is 11.1 Å². The van der Waals surface area contributed by atoms with Gasteiger partial charge in [-0.1, -0.05) is 36.9 Å². The molecule has 0 bridgehead atoms. The molecular formula is C18H19N3O2S. The number of benzene rings is 1. The van der Waals surface area contributed by atoms with Crippen LogP contribution < -0.4 is 0 Å². The van der Waals surface area contributed by atoms with E-state index < -0.39 is 12.2 Å². The fourth-order valence-electron chi connectivity index (χ4n) is 3.40. The van der Waals surface area contributed by atoms with Gasteiger partial charge < -0.3 is 14.8 Å². The molecular weight excluding hydrogens is 322 g/mol. The summed E-state index contributed by atoms with van der Waals surface area (Å²) in [5, 5.41) is 22.3. The molecule has 24 heavy (non-hydrogen) atoms. The highest BCUT2D eigenvalue weighted by atomic mass is 32.2. The van der Waals surface area contributed by atoms with E-state index in [-0.39, 0.29) is 12.0 Å². The minimum atomic E-state index is -0.768. The lowest BCUT2D eigenvalue weighted by Gasteiger charge is -2.19. The molecule has 0 saturated heterocycles. The maximum Gasteiger partial charge on any atom is 0.144 e. The molecule has 1 fully saturated rings. The van der Waals surface area contributed by atoms with E-state index in [0.717, 1.165) is 27.4 Å². The van der Waals surface area contributed by atoms with Crippen LogP contribution in [0.5, 0.6) is 0 Å². The summed E-state index contributed by atoms with van der Waals surface area (Å²) in [6.07, 6.45) is 2.78. The molecule has 1 saturated carbocycles. The molecule has 4 rings (SSSR count). The molecule has 0 aliphatic heterocycles. The van der Waals surface area contributed by atoms with Crippen LogP contribution in [-0.2, 0) is 0 Å². The number of rotatable bonds is 3. The van der Waals surface area contributed by atoms with Crippen LogP contribution in [0.3, 0.4) is 0 Å². The van der Waals surface area contributed by atoms with Crippen molar-refractivity contribution >= 4 is 22.8 Å². The molecule has 1 aliphatic rings. The molecule has 1 aromatic carbocycles. The Hall–Kier alpha value is -1.89. The third-order valence-electron chi connectivity index (χ3n) is 4.73. The van der Waals surface area contributed by atoms with Gasteiger partial charge in [-0.2, -0.15) is 0 Å². The Labute approximate surface area is 144 Å². The van der Waals surface area contributed by atoms with Crippen molar-refractivity contribution in [1.29, 1.82) is 0 Å². The van der Waals surface area contributed by atoms with Crippen LogP contribution in [0.15, 0.2) is 58.8 Å². The summed E-state index contributed by atoms with van der Waals surface area (Å²) in [6.45, 7) is 1.96. The molecule has 124 valence electrons. The summed E-state index contributed by atoms with van der Waals surface area (Å²) in [5.74, 6) is 0.0717. The first-order valence-electron chi connectivity index (χ1n) is 8.05. The average molecular weight is 341 g/mol. The molecule has 0 amide bonds. The van der Waals surface area contributed by atoms with Crippen LogP contribution in [0, 0.1) is 5.92 Å². The standard InChI is InChI=1S/C18H19N3O2S/c1-11-9-14(16(23)15(11)22)21-8-7-13-17(21)19-10-20-18(13)24-12-5-3-2-4-6-12/h2-8,10-11,14-16,22-23H,9H2,1H3/t11-,14+,15+,16-/m0/s1. The second-order valence-electron chi connectivity index (χ2n) is 6.32. The smallest absolute Gasteiger partial charge is 0.144 e. The van der Waals surface area contributed by atoms with E-state index in [1.807, 2.05) is 54.1 Å². The Bertz CT molecular complexity index is 852. The van der Waals surface area contributed by atoms with Crippen molar-refractivity contribution in [3.05, 3.63) is 48.9 Å². The van der Waals surface area contributed by atoms with Gasteiger partial charge in [-0.3, -0.25) is 0 Å². The van der Waals surface area contributed by atoms with Crippen molar-refractivity contribution in [2.45, 2.75) is 41.5 Å². The summed E-state index contributed by atoms with van der Waals surface area (Å²) >= 11 is 1.60. The van der Waals surface area contributed by atoms with Crippen LogP contribution in [0.1, 0.15) is 19.4 Å². The Balaban J connectivity index is 1.72. The van der Waals surface area contributed by atoms with E-state index in [4.69, 9.17) is 0 Å². The minimum absolute atomic E-state index is 0.0717. The molecule has 0 spiro atoms. The van der Waals surface area contributed by atoms with Crippen molar-refractivity contribution in [3.63, 3.8) is 0 Å². The van der Waals surface area contributed by atoms with E-state index in [0.29, 0.717) is 0 Å². The zero-order valence-electron chi connectivity index (χ0n) is 13.3. The van der Waals surface area contributed by atoms with Crippen LogP contribution in [0.4, 0.5) is 0 Å². The van der Waals surface area contributed by atoms with Gasteiger partial charge in [0.1, 0.15) is 23.1 Å². The molecule has 6 heteroatoms. The second-order valence-corrected chi connectivity index (χ2v) is 7.38. The van der Waals surface area contributed by atoms with Crippen LogP contribution >= 0.6 is 11.8 Å². The van der Waals surface area contributed by atoms with Gasteiger partial charge in [0.05, 0.1) is 17.5 Å². The summed E-state index contributed by atoms with van der Waals surface area (Å²) < 4.78 is 1.98. The number of aromatic nitrogens is 3. The first kappa shape index (κ1) is 15.6. The number of aliphatic hydroxyl groups excluding tert-OH is 2. The van der Waals surface area contributed by atoms with Gasteiger partial charge >= 0.3 is 0 Å². The fourth-order valence-corrected chi connectivity index (χ4v) is 4.28. The first-order chi connectivity index (χ1) is 11.6. The zero-order chi connectivity index (χ0) is 16.7. The summed E-state index contributed by atoms with van der Waals surface area (Å²) in [4.78, 5) is 9.96. The van der Waals surface area contributed by atoms with Crippen molar-refractivity contribution in [1.82, 2.24) is 14.5 Å². The van der Waals surface area contributed by atoms with Crippen molar-refractivity contribution in [2.24, 2.45) is 5.92 Å². The van der Waals surface area contributed by atoms with Gasteiger partial charge in [-0.15, -0.1) is 0 Å². The lowest BCUT2D eigenvalue weighted by Crippen LogP contribution is -2.28. The van der Waals surface area contributed by atoms with E-state index in [1.165, 1.54) is 0 Å². The lowest BCUT2D eigenvalue weighted by atomic mass is 10.1. The highest BCUT2D eigenvalue weighted by Gasteiger charge is 2.40. The Morgan fingerprint density at radius 3 is 2.58 bits per heavy atom. The molecule has 2 heterocycles. The molecule has 2 aromatic heterocycles. The number of hydrogen-bond donors (Lipinski definition) is 2. The van der Waals surface area contributed by atoms with E-state index in [1.54, 1.807) is 18.1 Å². The van der Waals surface area contributed by atoms with Crippen LogP contribution in [-0.4, -0.2) is 37.0 Å². The van der Waals surface area contributed by atoms with Crippen molar-refractivity contribution in [2.75, 3.05) is 0 Å². The predicted octanol–water partition coefficient (Wildman–Crippen LogP) is 2.89. The van der Waals surface area contributed by atoms with E-state index >= 15 is 0 Å². The van der Waals surface area contributed by atoms with Gasteiger partial charge in [-0.25, -0.2) is 9.97 Å². The third-order valence-corrected chi connectivity index (χ3v) is 5.75. The van der Waals surface area contributed by atoms with Crippen LogP contribution in [0.2, 0.25) is 0 Å². The van der Waals surface area contributed by atoms with Crippen molar-refractivity contribution in [3.8, 4) is 0 Å². The Morgan fingerprint density at radius 2 is 1.88 bits per heavy atom. The molecule has 2 N–H and O–H groups in total. The third kappa shape index (κ3) is 2.60. The fraction of sp³-hybridized carbons (Fsp3) is 0.333.